The lowest BCUT2D eigenvalue weighted by molar-refractivity contribution is -0.472. The molecule has 6 nitrogen and oxygen atoms in total. The van der Waals surface area contributed by atoms with E-state index in [0.717, 1.165) is 28.3 Å². The quantitative estimate of drug-likeness (QED) is 0.0440. The topological polar surface area (TPSA) is 63.2 Å². The molecule has 286 valence electrons. The fourth-order valence-electron chi connectivity index (χ4n) is 3.52. The van der Waals surface area contributed by atoms with Crippen LogP contribution in [-0.2, 0) is 27.5 Å². The fourth-order valence-corrected chi connectivity index (χ4v) is 5.21. The average Bonchev–Trinajstić information content (AvgIpc) is 2.93. The van der Waals surface area contributed by atoms with Crippen molar-refractivity contribution in [1.82, 2.24) is 0 Å². The Morgan fingerprint density at radius 2 is 1.02 bits per heavy atom. The van der Waals surface area contributed by atoms with Gasteiger partial charge in [0.25, 0.3) is 0 Å². The molecule has 1 atom stereocenters. The molecule has 0 aromatic rings. The van der Waals surface area contributed by atoms with E-state index in [4.69, 9.17) is 18.0 Å². The SMILES string of the molecule is C=C(C)C(=O)OCC(CC(F)(F)C(F)(F)C(F)(F)C(F)(F)C(F)(F)C(F)(F)C(F)(C(F)(F)F)C(F)(F)F)OCCC[Si](OC)(OC)OC. The first-order valence-corrected chi connectivity index (χ1v) is 14.2. The zero-order chi connectivity index (χ0) is 38.8. The summed E-state index contributed by atoms with van der Waals surface area (Å²) in [6.07, 6.45) is -23.0. The Morgan fingerprint density at radius 1 is 0.646 bits per heavy atom. The average molecular weight is 774 g/mol. The van der Waals surface area contributed by atoms with E-state index in [2.05, 4.69) is 11.3 Å². The molecule has 0 spiro atoms. The van der Waals surface area contributed by atoms with Gasteiger partial charge in [-0.3, -0.25) is 0 Å². The summed E-state index contributed by atoms with van der Waals surface area (Å²) >= 11 is 0. The molecule has 0 radical (unpaired) electrons. The van der Waals surface area contributed by atoms with Crippen LogP contribution in [0.2, 0.25) is 6.04 Å². The summed E-state index contributed by atoms with van der Waals surface area (Å²) < 4.78 is 284. The molecule has 48 heavy (non-hydrogen) atoms. The van der Waals surface area contributed by atoms with E-state index >= 15 is 0 Å². The van der Waals surface area contributed by atoms with Crippen LogP contribution in [0.25, 0.3) is 0 Å². The van der Waals surface area contributed by atoms with Crippen molar-refractivity contribution < 1.29 is 111 Å². The molecule has 0 heterocycles. The lowest BCUT2D eigenvalue weighted by Gasteiger charge is -2.45. The zero-order valence-corrected chi connectivity index (χ0v) is 25.5. The number of ether oxygens (including phenoxy) is 2. The van der Waals surface area contributed by atoms with Crippen molar-refractivity contribution in [3.63, 3.8) is 0 Å². The summed E-state index contributed by atoms with van der Waals surface area (Å²) in [5.74, 6) is -52.4. The van der Waals surface area contributed by atoms with Crippen LogP contribution in [0.3, 0.4) is 0 Å². The molecule has 0 aromatic carbocycles. The highest BCUT2D eigenvalue weighted by molar-refractivity contribution is 6.60. The molecule has 0 rings (SSSR count). The number of carbonyl (C=O) groups excluding carboxylic acids is 1. The molecule has 0 amide bonds. The monoisotopic (exact) mass is 774 g/mol. The van der Waals surface area contributed by atoms with Gasteiger partial charge in [-0.2, -0.15) is 79.0 Å². The van der Waals surface area contributed by atoms with Gasteiger partial charge in [-0.15, -0.1) is 0 Å². The third kappa shape index (κ3) is 7.95. The van der Waals surface area contributed by atoms with E-state index in [1.165, 1.54) is 0 Å². The minimum absolute atomic E-state index is 0.263. The van der Waals surface area contributed by atoms with Gasteiger partial charge >= 0.3 is 68.3 Å². The van der Waals surface area contributed by atoms with Crippen molar-refractivity contribution >= 4 is 14.8 Å². The van der Waals surface area contributed by atoms with Crippen LogP contribution >= 0.6 is 0 Å². The van der Waals surface area contributed by atoms with Crippen LogP contribution in [-0.4, -0.2) is 109 Å². The minimum Gasteiger partial charge on any atom is -0.460 e. The van der Waals surface area contributed by atoms with Crippen molar-refractivity contribution in [2.24, 2.45) is 0 Å². The Kier molecular flexibility index (Phi) is 14.0. The predicted molar refractivity (Wildman–Crippen MR) is 122 cm³/mol. The molecular weight excluding hydrogens is 749 g/mol. The zero-order valence-electron chi connectivity index (χ0n) is 24.5. The third-order valence-electron chi connectivity index (χ3n) is 6.40. The molecular formula is C22H25F19O6Si. The van der Waals surface area contributed by atoms with E-state index in [1.807, 2.05) is 0 Å². The molecule has 26 heteroatoms. The van der Waals surface area contributed by atoms with Crippen molar-refractivity contribution in [2.45, 2.75) is 85.5 Å². The maximum absolute atomic E-state index is 14.6. The largest absolute Gasteiger partial charge is 0.500 e. The van der Waals surface area contributed by atoms with Crippen LogP contribution in [0.5, 0.6) is 0 Å². The second-order valence-corrected chi connectivity index (χ2v) is 12.8. The van der Waals surface area contributed by atoms with E-state index in [-0.39, 0.29) is 6.04 Å². The van der Waals surface area contributed by atoms with Gasteiger partial charge in [-0.25, -0.2) is 9.18 Å². The molecule has 0 aliphatic heterocycles. The Morgan fingerprint density at radius 3 is 1.38 bits per heavy atom. The van der Waals surface area contributed by atoms with Gasteiger partial charge < -0.3 is 22.8 Å². The van der Waals surface area contributed by atoms with Crippen molar-refractivity contribution in [1.29, 1.82) is 0 Å². The van der Waals surface area contributed by atoms with Gasteiger partial charge in [0.1, 0.15) is 6.61 Å². The number of esters is 1. The first-order chi connectivity index (χ1) is 21.1. The molecule has 0 aliphatic carbocycles. The van der Waals surface area contributed by atoms with E-state index in [9.17, 15) is 88.2 Å². The Labute approximate surface area is 258 Å². The summed E-state index contributed by atoms with van der Waals surface area (Å²) in [7, 11) is -0.218. The number of halogens is 19. The molecule has 0 fully saturated rings. The lowest BCUT2D eigenvalue weighted by Crippen LogP contribution is -2.77. The highest BCUT2D eigenvalue weighted by Crippen LogP contribution is 2.66. The molecule has 1 unspecified atom stereocenters. The summed E-state index contributed by atoms with van der Waals surface area (Å²) in [6, 6.07) is -0.263. The van der Waals surface area contributed by atoms with Gasteiger partial charge in [0.15, 0.2) is 0 Å². The predicted octanol–water partition coefficient (Wildman–Crippen LogP) is 7.79. The Bertz CT molecular complexity index is 1080. The number of hydrogen-bond donors (Lipinski definition) is 0. The molecule has 0 aliphatic rings. The maximum atomic E-state index is 14.6. The molecule has 0 saturated heterocycles. The Balaban J connectivity index is 6.77. The van der Waals surface area contributed by atoms with E-state index < -0.39 is 106 Å². The van der Waals surface area contributed by atoms with Crippen molar-refractivity contribution in [3.05, 3.63) is 12.2 Å². The second-order valence-electron chi connectivity index (χ2n) is 9.71. The molecule has 0 N–H and O–H groups in total. The van der Waals surface area contributed by atoms with Crippen LogP contribution in [0.4, 0.5) is 83.4 Å². The van der Waals surface area contributed by atoms with E-state index in [0.29, 0.717) is 0 Å². The number of alkyl halides is 19. The van der Waals surface area contributed by atoms with Gasteiger partial charge in [0.2, 0.25) is 0 Å². The first kappa shape index (κ1) is 45.9. The summed E-state index contributed by atoms with van der Waals surface area (Å²) in [4.78, 5) is 11.6. The van der Waals surface area contributed by atoms with Crippen molar-refractivity contribution in [3.8, 4) is 0 Å². The van der Waals surface area contributed by atoms with Crippen molar-refractivity contribution in [2.75, 3.05) is 34.5 Å². The Hall–Kier alpha value is -2.06. The molecule has 0 saturated carbocycles. The normalized spacial score (nSPS) is 15.8. The fraction of sp³-hybridized carbons (Fsp3) is 0.864. The second kappa shape index (κ2) is 14.7. The van der Waals surface area contributed by atoms with Gasteiger partial charge in [0.05, 0.1) is 6.10 Å². The smallest absolute Gasteiger partial charge is 0.460 e. The standard InChI is InChI=1S/C22H25F19O6Si/c1-11(2)13(42)47-10-12(46-7-6-8-48(43-3,44-4)45-5)9-14(23,24)16(26,27)18(30,31)20(34,35)19(32,33)17(28,29)15(25,21(36,37)38)22(39,40)41/h12H,1,6-10H2,2-5H3. The van der Waals surface area contributed by atoms with Crippen LogP contribution in [0.15, 0.2) is 12.2 Å². The molecule has 0 aromatic heterocycles. The highest BCUT2D eigenvalue weighted by Gasteiger charge is 2.98. The number of carbonyl (C=O) groups is 1. The molecule has 0 bridgehead atoms. The number of rotatable bonds is 19. The first-order valence-electron chi connectivity index (χ1n) is 12.3. The van der Waals surface area contributed by atoms with Crippen LogP contribution in [0, 0.1) is 0 Å². The van der Waals surface area contributed by atoms with Gasteiger partial charge in [-0.05, 0) is 13.3 Å². The lowest BCUT2D eigenvalue weighted by atomic mass is 9.83. The summed E-state index contributed by atoms with van der Waals surface area (Å²) in [6.45, 7) is 1.40. The van der Waals surface area contributed by atoms with Gasteiger partial charge in [-0.1, -0.05) is 6.58 Å². The number of hydrogen-bond acceptors (Lipinski definition) is 6. The minimum atomic E-state index is -9.13. The summed E-state index contributed by atoms with van der Waals surface area (Å²) in [5, 5.41) is 0. The van der Waals surface area contributed by atoms with E-state index in [1.54, 1.807) is 0 Å². The highest BCUT2D eigenvalue weighted by atomic mass is 28.4. The van der Waals surface area contributed by atoms with Gasteiger partial charge in [0, 0.05) is 46.0 Å². The van der Waals surface area contributed by atoms with Crippen LogP contribution in [0.1, 0.15) is 19.8 Å². The third-order valence-corrected chi connectivity index (χ3v) is 9.23. The maximum Gasteiger partial charge on any atom is 0.500 e. The summed E-state index contributed by atoms with van der Waals surface area (Å²) in [5.41, 5.74) is -9.34. The van der Waals surface area contributed by atoms with Crippen LogP contribution < -0.4 is 0 Å².